The second-order valence-corrected chi connectivity index (χ2v) is 4.92. The number of benzene rings is 1. The summed E-state index contributed by atoms with van der Waals surface area (Å²) in [5, 5.41) is 14.1. The van der Waals surface area contributed by atoms with E-state index in [9.17, 15) is 10.1 Å². The molecule has 1 aromatic heterocycles. The first-order valence-corrected chi connectivity index (χ1v) is 6.55. The fraction of sp³-hybridized carbons (Fsp3) is 0.154. The van der Waals surface area contributed by atoms with Crippen molar-refractivity contribution in [3.8, 4) is 5.75 Å². The lowest BCUT2D eigenvalue weighted by atomic mass is 10.2. The van der Waals surface area contributed by atoms with E-state index in [-0.39, 0.29) is 5.69 Å². The number of pyridine rings is 1. The Kier molecular flexibility index (Phi) is 4.52. The van der Waals surface area contributed by atoms with E-state index in [1.807, 2.05) is 6.07 Å². The van der Waals surface area contributed by atoms with Crippen LogP contribution in [0.5, 0.6) is 5.75 Å². The highest BCUT2D eigenvalue weighted by atomic mass is 79.9. The number of hydrogen-bond acceptors (Lipinski definition) is 5. The van der Waals surface area contributed by atoms with Crippen LogP contribution in [0.1, 0.15) is 5.56 Å². The van der Waals surface area contributed by atoms with Gasteiger partial charge in [-0.2, -0.15) is 0 Å². The smallest absolute Gasteiger partial charge is 0.296 e. The van der Waals surface area contributed by atoms with E-state index in [1.54, 1.807) is 24.5 Å². The Morgan fingerprint density at radius 1 is 1.40 bits per heavy atom. The van der Waals surface area contributed by atoms with Crippen LogP contribution in [0.3, 0.4) is 0 Å². The minimum atomic E-state index is -0.440. The summed E-state index contributed by atoms with van der Waals surface area (Å²) < 4.78 is 5.85. The highest BCUT2D eigenvalue weighted by molar-refractivity contribution is 9.10. The van der Waals surface area contributed by atoms with Gasteiger partial charge in [0.2, 0.25) is 0 Å². The highest BCUT2D eigenvalue weighted by Gasteiger charge is 2.14. The van der Waals surface area contributed by atoms with Crippen molar-refractivity contribution in [2.75, 3.05) is 12.4 Å². The highest BCUT2D eigenvalue weighted by Crippen LogP contribution is 2.29. The Bertz CT molecular complexity index is 634. The van der Waals surface area contributed by atoms with Crippen LogP contribution in [-0.2, 0) is 6.54 Å². The first kappa shape index (κ1) is 14.3. The number of hydrogen-bond donors (Lipinski definition) is 1. The molecule has 0 fully saturated rings. The number of rotatable bonds is 5. The van der Waals surface area contributed by atoms with Crippen LogP contribution in [0.25, 0.3) is 0 Å². The SMILES string of the molecule is COc1ccc(NCc2cncc(Br)c2)c([N+](=O)[O-])c1. The van der Waals surface area contributed by atoms with Crippen molar-refractivity contribution in [2.24, 2.45) is 0 Å². The van der Waals surface area contributed by atoms with E-state index in [2.05, 4.69) is 26.2 Å². The van der Waals surface area contributed by atoms with Gasteiger partial charge in [0, 0.05) is 23.4 Å². The van der Waals surface area contributed by atoms with Gasteiger partial charge in [0.15, 0.2) is 0 Å². The maximum absolute atomic E-state index is 11.0. The number of nitrogens with one attached hydrogen (secondary N) is 1. The summed E-state index contributed by atoms with van der Waals surface area (Å²) in [6, 6.07) is 6.59. The van der Waals surface area contributed by atoms with Crippen molar-refractivity contribution in [3.05, 3.63) is 56.8 Å². The quantitative estimate of drug-likeness (QED) is 0.668. The fourth-order valence-corrected chi connectivity index (χ4v) is 2.10. The predicted molar refractivity (Wildman–Crippen MR) is 78.9 cm³/mol. The van der Waals surface area contributed by atoms with Crippen LogP contribution in [0.2, 0.25) is 0 Å². The second kappa shape index (κ2) is 6.33. The Labute approximate surface area is 124 Å². The van der Waals surface area contributed by atoms with Crippen LogP contribution in [0.4, 0.5) is 11.4 Å². The second-order valence-electron chi connectivity index (χ2n) is 4.01. The number of nitro benzene ring substituents is 1. The molecule has 0 aliphatic heterocycles. The van der Waals surface area contributed by atoms with Crippen LogP contribution < -0.4 is 10.1 Å². The van der Waals surface area contributed by atoms with Gasteiger partial charge in [0.05, 0.1) is 18.1 Å². The van der Waals surface area contributed by atoms with Crippen LogP contribution in [-0.4, -0.2) is 17.0 Å². The summed E-state index contributed by atoms with van der Waals surface area (Å²) in [5.74, 6) is 0.450. The van der Waals surface area contributed by atoms with Crippen molar-refractivity contribution in [3.63, 3.8) is 0 Å². The third-order valence-electron chi connectivity index (χ3n) is 2.65. The van der Waals surface area contributed by atoms with Crippen molar-refractivity contribution in [1.29, 1.82) is 0 Å². The molecule has 2 aromatic rings. The third-order valence-corrected chi connectivity index (χ3v) is 3.08. The summed E-state index contributed by atoms with van der Waals surface area (Å²) in [6.07, 6.45) is 3.38. The van der Waals surface area contributed by atoms with Gasteiger partial charge >= 0.3 is 0 Å². The largest absolute Gasteiger partial charge is 0.496 e. The van der Waals surface area contributed by atoms with Gasteiger partial charge < -0.3 is 10.1 Å². The van der Waals surface area contributed by atoms with Crippen molar-refractivity contribution in [2.45, 2.75) is 6.54 Å². The van der Waals surface area contributed by atoms with Gasteiger partial charge in [0.25, 0.3) is 5.69 Å². The van der Waals surface area contributed by atoms with E-state index in [1.165, 1.54) is 13.2 Å². The number of nitro groups is 1. The zero-order chi connectivity index (χ0) is 14.5. The van der Waals surface area contributed by atoms with E-state index >= 15 is 0 Å². The first-order chi connectivity index (χ1) is 9.60. The van der Waals surface area contributed by atoms with Gasteiger partial charge in [-0.3, -0.25) is 15.1 Å². The number of aromatic nitrogens is 1. The molecule has 0 saturated carbocycles. The molecule has 7 heteroatoms. The summed E-state index contributed by atoms with van der Waals surface area (Å²) in [4.78, 5) is 14.6. The topological polar surface area (TPSA) is 77.3 Å². The summed E-state index contributed by atoms with van der Waals surface area (Å²) in [7, 11) is 1.47. The number of methoxy groups -OCH3 is 1. The number of halogens is 1. The zero-order valence-electron chi connectivity index (χ0n) is 10.7. The summed E-state index contributed by atoms with van der Waals surface area (Å²) >= 11 is 3.33. The Morgan fingerprint density at radius 3 is 2.85 bits per heavy atom. The average molecular weight is 338 g/mol. The minimum absolute atomic E-state index is 0.0210. The molecule has 0 saturated heterocycles. The predicted octanol–water partition coefficient (Wildman–Crippen LogP) is 3.37. The molecule has 2 rings (SSSR count). The van der Waals surface area contributed by atoms with Crippen molar-refractivity contribution < 1.29 is 9.66 Å². The molecule has 0 aliphatic carbocycles. The maximum atomic E-state index is 11.0. The standard InChI is InChI=1S/C13H12BrN3O3/c1-20-11-2-3-12(13(5-11)17(18)19)16-7-9-4-10(14)8-15-6-9/h2-6,8,16H,7H2,1H3. The number of ether oxygens (including phenoxy) is 1. The maximum Gasteiger partial charge on any atom is 0.296 e. The monoisotopic (exact) mass is 337 g/mol. The molecule has 0 aliphatic rings. The lowest BCUT2D eigenvalue weighted by Gasteiger charge is -2.08. The van der Waals surface area contributed by atoms with Crippen LogP contribution >= 0.6 is 15.9 Å². The van der Waals surface area contributed by atoms with E-state index < -0.39 is 4.92 Å². The molecule has 1 N–H and O–H groups in total. The van der Waals surface area contributed by atoms with E-state index in [0.29, 0.717) is 18.0 Å². The fourth-order valence-electron chi connectivity index (χ4n) is 1.69. The molecule has 0 spiro atoms. The van der Waals surface area contributed by atoms with E-state index in [0.717, 1.165) is 10.0 Å². The Hall–Kier alpha value is -2.15. The number of nitrogens with zero attached hydrogens (tertiary/aromatic N) is 2. The molecular weight excluding hydrogens is 326 g/mol. The lowest BCUT2D eigenvalue weighted by molar-refractivity contribution is -0.384. The average Bonchev–Trinajstić information content (AvgIpc) is 2.45. The molecule has 0 radical (unpaired) electrons. The minimum Gasteiger partial charge on any atom is -0.496 e. The molecule has 0 amide bonds. The first-order valence-electron chi connectivity index (χ1n) is 5.76. The van der Waals surface area contributed by atoms with Gasteiger partial charge in [-0.25, -0.2) is 0 Å². The summed E-state index contributed by atoms with van der Waals surface area (Å²) in [6.45, 7) is 0.444. The molecule has 104 valence electrons. The van der Waals surface area contributed by atoms with Crippen LogP contribution in [0.15, 0.2) is 41.1 Å². The normalized spacial score (nSPS) is 10.1. The Morgan fingerprint density at radius 2 is 2.20 bits per heavy atom. The molecule has 20 heavy (non-hydrogen) atoms. The summed E-state index contributed by atoms with van der Waals surface area (Å²) in [5.41, 5.74) is 1.34. The van der Waals surface area contributed by atoms with Crippen molar-refractivity contribution in [1.82, 2.24) is 4.98 Å². The van der Waals surface area contributed by atoms with Gasteiger partial charge in [-0.05, 0) is 39.7 Å². The molecule has 0 unspecified atom stereocenters. The Balaban J connectivity index is 2.18. The zero-order valence-corrected chi connectivity index (χ0v) is 12.3. The van der Waals surface area contributed by atoms with Gasteiger partial charge in [-0.1, -0.05) is 0 Å². The van der Waals surface area contributed by atoms with Crippen molar-refractivity contribution >= 4 is 27.3 Å². The molecule has 6 nitrogen and oxygen atoms in total. The molecule has 0 atom stereocenters. The lowest BCUT2D eigenvalue weighted by Crippen LogP contribution is -2.03. The number of anilines is 1. The molecule has 1 heterocycles. The molecule has 0 bridgehead atoms. The third kappa shape index (κ3) is 3.45. The van der Waals surface area contributed by atoms with Crippen LogP contribution in [0, 0.1) is 10.1 Å². The molecule has 1 aromatic carbocycles. The van der Waals surface area contributed by atoms with Gasteiger partial charge in [0.1, 0.15) is 11.4 Å². The van der Waals surface area contributed by atoms with E-state index in [4.69, 9.17) is 4.74 Å². The van der Waals surface area contributed by atoms with Gasteiger partial charge in [-0.15, -0.1) is 0 Å². The molecular formula is C13H12BrN3O3.